The molecule has 3 aromatic rings. The zero-order valence-electron chi connectivity index (χ0n) is 17.0. The molecular formula is C24H22ClN3O3. The van der Waals surface area contributed by atoms with Crippen molar-refractivity contribution in [1.82, 2.24) is 10.3 Å². The van der Waals surface area contributed by atoms with Crippen LogP contribution in [-0.4, -0.2) is 30.1 Å². The molecule has 2 aromatic carbocycles. The molecule has 31 heavy (non-hydrogen) atoms. The number of hydrogen-bond acceptors (Lipinski definition) is 4. The van der Waals surface area contributed by atoms with Crippen molar-refractivity contribution in [3.8, 4) is 5.75 Å². The third-order valence-corrected chi connectivity index (χ3v) is 6.78. The van der Waals surface area contributed by atoms with Gasteiger partial charge in [0.2, 0.25) is 5.91 Å². The van der Waals surface area contributed by atoms with Crippen molar-refractivity contribution in [2.24, 2.45) is 5.92 Å². The Morgan fingerprint density at radius 3 is 2.77 bits per heavy atom. The van der Waals surface area contributed by atoms with E-state index < -0.39 is 6.03 Å². The smallest absolute Gasteiger partial charge is 0.329 e. The van der Waals surface area contributed by atoms with E-state index in [0.717, 1.165) is 27.8 Å². The highest BCUT2D eigenvalue weighted by molar-refractivity contribution is 6.31. The molecule has 0 spiro atoms. The van der Waals surface area contributed by atoms with Gasteiger partial charge in [-0.05, 0) is 55.0 Å². The summed E-state index contributed by atoms with van der Waals surface area (Å²) in [5.74, 6) is 0.432. The number of rotatable bonds is 3. The van der Waals surface area contributed by atoms with E-state index in [-0.39, 0.29) is 23.8 Å². The van der Waals surface area contributed by atoms with Crippen LogP contribution in [0.15, 0.2) is 54.9 Å². The predicted octanol–water partition coefficient (Wildman–Crippen LogP) is 4.91. The fourth-order valence-corrected chi connectivity index (χ4v) is 5.15. The van der Waals surface area contributed by atoms with Crippen LogP contribution in [0.3, 0.4) is 0 Å². The lowest BCUT2D eigenvalue weighted by Crippen LogP contribution is -2.61. The number of methoxy groups -OCH3 is 1. The van der Waals surface area contributed by atoms with Crippen LogP contribution in [0.4, 0.5) is 10.5 Å². The molecular weight excluding hydrogens is 414 g/mol. The van der Waals surface area contributed by atoms with Gasteiger partial charge < -0.3 is 10.1 Å². The Balaban J connectivity index is 1.46. The number of nitrogens with zero attached hydrogens (tertiary/aromatic N) is 2. The third-order valence-electron chi connectivity index (χ3n) is 6.43. The first kappa shape index (κ1) is 19.8. The second kappa shape index (κ2) is 7.85. The molecule has 1 aliphatic heterocycles. The van der Waals surface area contributed by atoms with Crippen molar-refractivity contribution >= 4 is 40.0 Å². The summed E-state index contributed by atoms with van der Waals surface area (Å²) in [4.78, 5) is 32.0. The van der Waals surface area contributed by atoms with Crippen molar-refractivity contribution in [3.63, 3.8) is 0 Å². The molecule has 0 radical (unpaired) electrons. The van der Waals surface area contributed by atoms with E-state index in [4.69, 9.17) is 16.3 Å². The van der Waals surface area contributed by atoms with Crippen molar-refractivity contribution in [1.29, 1.82) is 0 Å². The van der Waals surface area contributed by atoms with Crippen LogP contribution in [0.1, 0.15) is 30.7 Å². The number of anilines is 1. The number of hydrogen-bond donors (Lipinski definition) is 1. The number of fused-ring (bicyclic) bond motifs is 2. The van der Waals surface area contributed by atoms with Crippen molar-refractivity contribution in [2.75, 3.05) is 12.0 Å². The minimum Gasteiger partial charge on any atom is -0.497 e. The molecule has 3 amide bonds. The summed E-state index contributed by atoms with van der Waals surface area (Å²) in [7, 11) is 1.59. The van der Waals surface area contributed by atoms with Crippen molar-refractivity contribution in [2.45, 2.75) is 31.2 Å². The van der Waals surface area contributed by atoms with Gasteiger partial charge in [0.05, 0.1) is 24.9 Å². The maximum Gasteiger partial charge on any atom is 0.329 e. The highest BCUT2D eigenvalue weighted by Gasteiger charge is 2.45. The van der Waals surface area contributed by atoms with Gasteiger partial charge in [-0.25, -0.2) is 9.69 Å². The number of carbonyl (C=O) groups excluding carboxylic acids is 2. The number of amides is 3. The quantitative estimate of drug-likeness (QED) is 0.634. The summed E-state index contributed by atoms with van der Waals surface area (Å²) in [6, 6.07) is 12.7. The number of aromatic nitrogens is 1. The molecule has 5 rings (SSSR count). The zero-order valence-corrected chi connectivity index (χ0v) is 17.8. The van der Waals surface area contributed by atoms with E-state index in [1.54, 1.807) is 19.5 Å². The van der Waals surface area contributed by atoms with Crippen LogP contribution in [0.5, 0.6) is 5.75 Å². The number of benzene rings is 2. The standard InChI is InChI=1S/C24H22ClN3O3/c1-31-16-8-6-15-12-26-13-22(19(15)11-16)28-23(29)18-9-7-14(10-21(18)27-24(28)30)17-4-2-3-5-20(17)25/h2-6,8,11-14,18,21H,7,9-10H2,1H3,(H,27,30). The van der Waals surface area contributed by atoms with Gasteiger partial charge in [-0.2, -0.15) is 0 Å². The summed E-state index contributed by atoms with van der Waals surface area (Å²) < 4.78 is 5.33. The normalized spacial score (nSPS) is 23.4. The van der Waals surface area contributed by atoms with E-state index in [2.05, 4.69) is 10.3 Å². The molecule has 2 heterocycles. The topological polar surface area (TPSA) is 71.5 Å². The summed E-state index contributed by atoms with van der Waals surface area (Å²) in [5.41, 5.74) is 1.56. The molecule has 0 bridgehead atoms. The summed E-state index contributed by atoms with van der Waals surface area (Å²) in [6.07, 6.45) is 5.51. The summed E-state index contributed by atoms with van der Waals surface area (Å²) in [5, 5.41) is 5.39. The van der Waals surface area contributed by atoms with Crippen LogP contribution in [0.25, 0.3) is 10.8 Å². The largest absolute Gasteiger partial charge is 0.497 e. The number of ether oxygens (including phenoxy) is 1. The first-order chi connectivity index (χ1) is 15.1. The highest BCUT2D eigenvalue weighted by atomic mass is 35.5. The molecule has 158 valence electrons. The molecule has 7 heteroatoms. The Morgan fingerprint density at radius 2 is 1.97 bits per heavy atom. The zero-order chi connectivity index (χ0) is 21.5. The van der Waals surface area contributed by atoms with Gasteiger partial charge in [0.15, 0.2) is 0 Å². The molecule has 3 unspecified atom stereocenters. The van der Waals surface area contributed by atoms with E-state index in [1.807, 2.05) is 42.5 Å². The van der Waals surface area contributed by atoms with Crippen LogP contribution in [0, 0.1) is 5.92 Å². The monoisotopic (exact) mass is 435 g/mol. The van der Waals surface area contributed by atoms with Crippen molar-refractivity contribution in [3.05, 3.63) is 65.4 Å². The Bertz CT molecular complexity index is 1180. The van der Waals surface area contributed by atoms with Crippen LogP contribution in [-0.2, 0) is 4.79 Å². The van der Waals surface area contributed by atoms with Crippen LogP contribution < -0.4 is 15.0 Å². The maximum absolute atomic E-state index is 13.5. The van der Waals surface area contributed by atoms with Gasteiger partial charge in [-0.1, -0.05) is 29.8 Å². The second-order valence-electron chi connectivity index (χ2n) is 8.11. The number of pyridine rings is 1. The second-order valence-corrected chi connectivity index (χ2v) is 8.52. The van der Waals surface area contributed by atoms with Gasteiger partial charge in [-0.3, -0.25) is 9.78 Å². The number of imide groups is 1. The SMILES string of the molecule is COc1ccc2cncc(N3C(=O)NC4CC(c5ccccc5Cl)CCC4C3=O)c2c1. The van der Waals surface area contributed by atoms with E-state index in [1.165, 1.54) is 4.90 Å². The van der Waals surface area contributed by atoms with E-state index in [0.29, 0.717) is 24.3 Å². The molecule has 2 aliphatic rings. The van der Waals surface area contributed by atoms with Gasteiger partial charge in [-0.15, -0.1) is 0 Å². The number of nitrogens with one attached hydrogen (secondary N) is 1. The minimum absolute atomic E-state index is 0.177. The molecule has 1 saturated heterocycles. The number of urea groups is 1. The lowest BCUT2D eigenvalue weighted by molar-refractivity contribution is -0.124. The fraction of sp³-hybridized carbons (Fsp3) is 0.292. The molecule has 1 saturated carbocycles. The maximum atomic E-state index is 13.5. The van der Waals surface area contributed by atoms with E-state index in [9.17, 15) is 9.59 Å². The molecule has 1 aromatic heterocycles. The Morgan fingerprint density at radius 1 is 1.13 bits per heavy atom. The average Bonchev–Trinajstić information content (AvgIpc) is 2.79. The molecule has 6 nitrogen and oxygen atoms in total. The molecule has 1 aliphatic carbocycles. The molecule has 2 fully saturated rings. The number of carbonyl (C=O) groups is 2. The number of halogens is 1. The van der Waals surface area contributed by atoms with E-state index >= 15 is 0 Å². The lowest BCUT2D eigenvalue weighted by Gasteiger charge is -2.42. The van der Waals surface area contributed by atoms with Gasteiger partial charge in [0, 0.05) is 28.0 Å². The van der Waals surface area contributed by atoms with Gasteiger partial charge in [0.25, 0.3) is 0 Å². The molecule has 1 N–H and O–H groups in total. The lowest BCUT2D eigenvalue weighted by atomic mass is 9.74. The Kier molecular flexibility index (Phi) is 5.02. The summed E-state index contributed by atoms with van der Waals surface area (Å²) >= 11 is 6.39. The summed E-state index contributed by atoms with van der Waals surface area (Å²) in [6.45, 7) is 0. The Hall–Kier alpha value is -3.12. The first-order valence-corrected chi connectivity index (χ1v) is 10.7. The van der Waals surface area contributed by atoms with Gasteiger partial charge in [0.1, 0.15) is 5.75 Å². The predicted molar refractivity (Wildman–Crippen MR) is 120 cm³/mol. The first-order valence-electron chi connectivity index (χ1n) is 10.4. The highest BCUT2D eigenvalue weighted by Crippen LogP contribution is 2.42. The fourth-order valence-electron chi connectivity index (χ4n) is 4.86. The van der Waals surface area contributed by atoms with Crippen LogP contribution >= 0.6 is 11.6 Å². The van der Waals surface area contributed by atoms with Gasteiger partial charge >= 0.3 is 6.03 Å². The average molecular weight is 436 g/mol. The van der Waals surface area contributed by atoms with Crippen molar-refractivity contribution < 1.29 is 14.3 Å². The van der Waals surface area contributed by atoms with Crippen LogP contribution in [0.2, 0.25) is 5.02 Å². The Labute approximate surface area is 185 Å². The molecule has 3 atom stereocenters. The minimum atomic E-state index is -0.414. The third kappa shape index (κ3) is 3.41.